The van der Waals surface area contributed by atoms with Crippen LogP contribution >= 0.6 is 0 Å². The molecule has 196 valence electrons. The van der Waals surface area contributed by atoms with E-state index >= 15 is 0 Å². The summed E-state index contributed by atoms with van der Waals surface area (Å²) in [4.78, 5) is 30.8. The number of pyridine rings is 1. The van der Waals surface area contributed by atoms with Crippen LogP contribution in [0.25, 0.3) is 11.5 Å². The molecule has 2 aromatic heterocycles. The van der Waals surface area contributed by atoms with Crippen molar-refractivity contribution in [1.29, 1.82) is 0 Å². The number of aromatic nitrogens is 3. The molecule has 1 amide bonds. The molecule has 0 saturated carbocycles. The summed E-state index contributed by atoms with van der Waals surface area (Å²) in [6, 6.07) is 24.0. The third-order valence-corrected chi connectivity index (χ3v) is 6.26. The molecule has 2 heterocycles. The number of rotatable bonds is 14. The quantitative estimate of drug-likeness (QED) is 0.185. The average molecular weight is 512 g/mol. The number of ketones is 1. The summed E-state index contributed by atoms with van der Waals surface area (Å²) in [5.74, 6) is -0.430. The fourth-order valence-corrected chi connectivity index (χ4v) is 4.11. The predicted molar refractivity (Wildman–Crippen MR) is 146 cm³/mol. The van der Waals surface area contributed by atoms with E-state index in [4.69, 9.17) is 4.42 Å². The van der Waals surface area contributed by atoms with Gasteiger partial charge in [0.2, 0.25) is 17.6 Å². The van der Waals surface area contributed by atoms with Crippen LogP contribution in [0.1, 0.15) is 49.3 Å². The van der Waals surface area contributed by atoms with Crippen LogP contribution in [0, 0.1) is 0 Å². The summed E-state index contributed by atoms with van der Waals surface area (Å²) in [6.45, 7) is 0.705. The van der Waals surface area contributed by atoms with Crippen LogP contribution in [0.15, 0.2) is 83.4 Å². The molecule has 0 aliphatic rings. The van der Waals surface area contributed by atoms with E-state index in [9.17, 15) is 9.59 Å². The highest BCUT2D eigenvalue weighted by molar-refractivity contribution is 6.36. The van der Waals surface area contributed by atoms with Crippen LogP contribution < -0.4 is 10.2 Å². The Morgan fingerprint density at radius 3 is 2.39 bits per heavy atom. The molecule has 1 N–H and O–H groups in total. The lowest BCUT2D eigenvalue weighted by molar-refractivity contribution is -0.138. The first-order chi connectivity index (χ1) is 18.6. The smallest absolute Gasteiger partial charge is 0.287 e. The van der Waals surface area contributed by atoms with Crippen LogP contribution in [-0.2, 0) is 29.1 Å². The van der Waals surface area contributed by atoms with Gasteiger partial charge in [0.25, 0.3) is 5.91 Å². The van der Waals surface area contributed by atoms with E-state index in [1.165, 1.54) is 5.56 Å². The van der Waals surface area contributed by atoms with Crippen molar-refractivity contribution in [3.63, 3.8) is 0 Å². The van der Waals surface area contributed by atoms with Gasteiger partial charge in [-0.05, 0) is 61.2 Å². The molecule has 8 nitrogen and oxygen atoms in total. The van der Waals surface area contributed by atoms with Crippen molar-refractivity contribution < 1.29 is 14.0 Å². The fourth-order valence-electron chi connectivity index (χ4n) is 4.11. The predicted octanol–water partition coefficient (Wildman–Crippen LogP) is 5.15. The number of aryl methyl sites for hydroxylation is 1. The second kappa shape index (κ2) is 13.8. The topological polar surface area (TPSA) is 101 Å². The minimum atomic E-state index is -0.616. The van der Waals surface area contributed by atoms with Crippen molar-refractivity contribution in [2.24, 2.45) is 0 Å². The maximum Gasteiger partial charge on any atom is 0.287 e. The molecule has 0 radical (unpaired) electrons. The normalized spacial score (nSPS) is 10.8. The molecule has 0 bridgehead atoms. The van der Waals surface area contributed by atoms with E-state index in [1.54, 1.807) is 6.20 Å². The van der Waals surface area contributed by atoms with E-state index < -0.39 is 11.7 Å². The summed E-state index contributed by atoms with van der Waals surface area (Å²) >= 11 is 0. The molecule has 0 fully saturated rings. The SMILES string of the molecule is CN(Cc1ccccn1)c1ccc(-c2nnc(CNC(=O)C(=O)CCCCCCc3ccccc3)o2)cc1. The Labute approximate surface area is 223 Å². The Balaban J connectivity index is 1.16. The highest BCUT2D eigenvalue weighted by Crippen LogP contribution is 2.22. The van der Waals surface area contributed by atoms with Gasteiger partial charge in [-0.25, -0.2) is 0 Å². The number of nitrogens with zero attached hydrogens (tertiary/aromatic N) is 4. The van der Waals surface area contributed by atoms with E-state index in [0.717, 1.165) is 42.6 Å². The number of amides is 1. The van der Waals surface area contributed by atoms with Gasteiger partial charge in [-0.3, -0.25) is 14.6 Å². The fraction of sp³-hybridized carbons (Fsp3) is 0.300. The van der Waals surface area contributed by atoms with E-state index in [1.807, 2.05) is 67.7 Å². The summed E-state index contributed by atoms with van der Waals surface area (Å²) in [5, 5.41) is 10.7. The number of benzene rings is 2. The van der Waals surface area contributed by atoms with Crippen molar-refractivity contribution in [3.8, 4) is 11.5 Å². The van der Waals surface area contributed by atoms with Crippen molar-refractivity contribution in [2.75, 3.05) is 11.9 Å². The van der Waals surface area contributed by atoms with Gasteiger partial charge in [0.05, 0.1) is 18.8 Å². The average Bonchev–Trinajstić information content (AvgIpc) is 3.44. The molecule has 0 aliphatic heterocycles. The van der Waals surface area contributed by atoms with Gasteiger partial charge in [-0.2, -0.15) is 0 Å². The van der Waals surface area contributed by atoms with Crippen LogP contribution in [0.4, 0.5) is 5.69 Å². The number of carbonyl (C=O) groups is 2. The van der Waals surface area contributed by atoms with Crippen LogP contribution in [0.5, 0.6) is 0 Å². The second-order valence-corrected chi connectivity index (χ2v) is 9.23. The van der Waals surface area contributed by atoms with Gasteiger partial charge in [0, 0.05) is 30.9 Å². The maximum absolute atomic E-state index is 12.2. The third-order valence-electron chi connectivity index (χ3n) is 6.26. The monoisotopic (exact) mass is 511 g/mol. The number of carbonyl (C=O) groups excluding carboxylic acids is 2. The number of anilines is 1. The summed E-state index contributed by atoms with van der Waals surface area (Å²) in [7, 11) is 2.00. The molecule has 4 rings (SSSR count). The molecule has 2 aromatic carbocycles. The Morgan fingerprint density at radius 1 is 0.868 bits per heavy atom. The zero-order valence-electron chi connectivity index (χ0n) is 21.7. The lowest BCUT2D eigenvalue weighted by atomic mass is 10.0. The lowest BCUT2D eigenvalue weighted by Gasteiger charge is -2.18. The number of Topliss-reactive ketones (excluding diaryl/α,β-unsaturated/α-hetero) is 1. The first-order valence-electron chi connectivity index (χ1n) is 13.0. The zero-order valence-corrected chi connectivity index (χ0v) is 21.7. The standard InChI is InChI=1S/C30H33N5O3/c1-35(22-25-14-9-10-20-31-25)26-18-16-24(17-19-26)30-34-33-28(38-30)21-32-29(37)27(36)15-8-3-2-5-11-23-12-6-4-7-13-23/h4,6-7,9-10,12-14,16-20H,2-3,5,8,11,15,21-22H2,1H3,(H,32,37). The summed E-state index contributed by atoms with van der Waals surface area (Å²) < 4.78 is 5.69. The van der Waals surface area contributed by atoms with Crippen molar-refractivity contribution in [2.45, 2.75) is 51.6 Å². The van der Waals surface area contributed by atoms with Crippen molar-refractivity contribution >= 4 is 17.4 Å². The largest absolute Gasteiger partial charge is 0.419 e. The van der Waals surface area contributed by atoms with Gasteiger partial charge in [0.1, 0.15) is 0 Å². The highest BCUT2D eigenvalue weighted by atomic mass is 16.4. The summed E-state index contributed by atoms with van der Waals surface area (Å²) in [5.41, 5.74) is 4.11. The maximum atomic E-state index is 12.2. The van der Waals surface area contributed by atoms with Crippen LogP contribution in [-0.4, -0.2) is 33.9 Å². The second-order valence-electron chi connectivity index (χ2n) is 9.23. The molecule has 0 atom stereocenters. The number of hydrogen-bond donors (Lipinski definition) is 1. The van der Waals surface area contributed by atoms with Crippen molar-refractivity contribution in [1.82, 2.24) is 20.5 Å². The van der Waals surface area contributed by atoms with Gasteiger partial charge in [-0.15, -0.1) is 10.2 Å². The molecular formula is C30H33N5O3. The Hall–Kier alpha value is -4.33. The highest BCUT2D eigenvalue weighted by Gasteiger charge is 2.15. The minimum Gasteiger partial charge on any atom is -0.419 e. The van der Waals surface area contributed by atoms with E-state index in [-0.39, 0.29) is 18.9 Å². The molecular weight excluding hydrogens is 478 g/mol. The van der Waals surface area contributed by atoms with Gasteiger partial charge in [-0.1, -0.05) is 49.2 Å². The first kappa shape index (κ1) is 26.7. The molecule has 0 unspecified atom stereocenters. The van der Waals surface area contributed by atoms with Gasteiger partial charge in [0.15, 0.2) is 0 Å². The molecule has 8 heteroatoms. The van der Waals surface area contributed by atoms with E-state index in [0.29, 0.717) is 18.9 Å². The molecule has 0 spiro atoms. The van der Waals surface area contributed by atoms with E-state index in [2.05, 4.69) is 37.5 Å². The third kappa shape index (κ3) is 8.09. The number of unbranched alkanes of at least 4 members (excludes halogenated alkanes) is 3. The lowest BCUT2D eigenvalue weighted by Crippen LogP contribution is -2.30. The number of nitrogens with one attached hydrogen (secondary N) is 1. The van der Waals surface area contributed by atoms with Crippen LogP contribution in [0.2, 0.25) is 0 Å². The Bertz CT molecular complexity index is 1290. The Kier molecular flexibility index (Phi) is 9.73. The Morgan fingerprint density at radius 2 is 1.63 bits per heavy atom. The molecule has 38 heavy (non-hydrogen) atoms. The molecule has 0 aliphatic carbocycles. The van der Waals surface area contributed by atoms with Crippen LogP contribution in [0.3, 0.4) is 0 Å². The molecule has 0 saturated heterocycles. The van der Waals surface area contributed by atoms with Gasteiger partial charge < -0.3 is 14.6 Å². The van der Waals surface area contributed by atoms with Gasteiger partial charge >= 0.3 is 0 Å². The zero-order chi connectivity index (χ0) is 26.6. The first-order valence-corrected chi connectivity index (χ1v) is 13.0. The minimum absolute atomic E-state index is 0.0134. The summed E-state index contributed by atoms with van der Waals surface area (Å²) in [6.07, 6.45) is 6.81. The molecule has 4 aromatic rings. The number of hydrogen-bond acceptors (Lipinski definition) is 7. The van der Waals surface area contributed by atoms with Crippen molar-refractivity contribution in [3.05, 3.63) is 96.1 Å².